The Kier molecular flexibility index (Phi) is 10.6. The number of aliphatic carboxylic acids is 1. The van der Waals surface area contributed by atoms with Gasteiger partial charge in [-0.2, -0.15) is 5.10 Å². The average molecular weight is 652 g/mol. The van der Waals surface area contributed by atoms with Crippen LogP contribution in [-0.4, -0.2) is 56.3 Å². The van der Waals surface area contributed by atoms with Gasteiger partial charge in [0.05, 0.1) is 23.4 Å². The smallest absolute Gasteiger partial charge is 0.305 e. The summed E-state index contributed by atoms with van der Waals surface area (Å²) in [4.78, 5) is 38.2. The number of carboxylic acid groups (broad SMARTS) is 1. The van der Waals surface area contributed by atoms with Crippen molar-refractivity contribution in [1.29, 1.82) is 0 Å². The van der Waals surface area contributed by atoms with E-state index in [1.807, 2.05) is 30.3 Å². The first-order valence-corrected chi connectivity index (χ1v) is 16.2. The first-order valence-electron chi connectivity index (χ1n) is 14.0. The zero-order valence-electron chi connectivity index (χ0n) is 23.6. The van der Waals surface area contributed by atoms with Crippen LogP contribution in [0.5, 0.6) is 0 Å². The van der Waals surface area contributed by atoms with E-state index < -0.39 is 11.9 Å². The van der Waals surface area contributed by atoms with Gasteiger partial charge in [-0.05, 0) is 66.6 Å². The molecule has 14 heteroatoms. The maximum absolute atomic E-state index is 13.2. The van der Waals surface area contributed by atoms with Crippen molar-refractivity contribution < 1.29 is 19.5 Å². The molecule has 0 aliphatic heterocycles. The minimum Gasteiger partial charge on any atom is -0.481 e. The number of anilines is 1. The lowest BCUT2D eigenvalue weighted by molar-refractivity contribution is -0.136. The molecule has 0 bridgehead atoms. The highest BCUT2D eigenvalue weighted by Gasteiger charge is 2.25. The van der Waals surface area contributed by atoms with Crippen molar-refractivity contribution in [3.63, 3.8) is 0 Å². The minimum atomic E-state index is -0.874. The molecule has 1 aliphatic rings. The first-order chi connectivity index (χ1) is 21.4. The highest BCUT2D eigenvalue weighted by Crippen LogP contribution is 2.39. The molecule has 0 spiro atoms. The van der Waals surface area contributed by atoms with E-state index in [1.165, 1.54) is 15.1 Å². The second kappa shape index (κ2) is 15.0. The van der Waals surface area contributed by atoms with Gasteiger partial charge < -0.3 is 10.4 Å². The monoisotopic (exact) mass is 651 g/mol. The molecule has 2 heterocycles. The van der Waals surface area contributed by atoms with E-state index in [9.17, 15) is 14.4 Å². The molecule has 5 rings (SSSR count). The van der Waals surface area contributed by atoms with Crippen molar-refractivity contribution in [3.8, 4) is 0 Å². The van der Waals surface area contributed by atoms with Crippen LogP contribution in [0.15, 0.2) is 64.9 Å². The van der Waals surface area contributed by atoms with Crippen molar-refractivity contribution in [2.45, 2.75) is 43.7 Å². The van der Waals surface area contributed by atoms with Crippen molar-refractivity contribution >= 4 is 63.7 Å². The normalized spacial score (nSPS) is 12.6. The van der Waals surface area contributed by atoms with Gasteiger partial charge in [0.2, 0.25) is 5.16 Å². The fourth-order valence-electron chi connectivity index (χ4n) is 4.67. The standard InChI is InChI=1S/C30H30ClN7O4S2/c31-21-12-10-20(11-13-21)28(42)37-38-25(16-23-22-8-4-5-9-24(22)44-29(23)32-15-14-27(40)41)34-36-30(38)43-18-26(39)35-33-17-19-6-2-1-3-7-19/h1-3,6-7,10-13,17,32H,4-5,8-9,14-16,18H2,(H,35,39)(H,37,42)(H,40,41)/b33-17+. The van der Waals surface area contributed by atoms with Crippen LogP contribution in [0.3, 0.4) is 0 Å². The number of aromatic nitrogens is 3. The van der Waals surface area contributed by atoms with Crippen LogP contribution in [0.4, 0.5) is 5.00 Å². The molecule has 2 aromatic heterocycles. The molecule has 0 unspecified atom stereocenters. The van der Waals surface area contributed by atoms with E-state index in [4.69, 9.17) is 16.7 Å². The summed E-state index contributed by atoms with van der Waals surface area (Å²) in [6.07, 6.45) is 5.95. The number of hydrazone groups is 1. The van der Waals surface area contributed by atoms with E-state index in [-0.39, 0.29) is 18.1 Å². The summed E-state index contributed by atoms with van der Waals surface area (Å²) in [7, 11) is 0. The van der Waals surface area contributed by atoms with Gasteiger partial charge in [0.25, 0.3) is 11.8 Å². The number of benzene rings is 2. The van der Waals surface area contributed by atoms with E-state index >= 15 is 0 Å². The van der Waals surface area contributed by atoms with Crippen molar-refractivity contribution in [1.82, 2.24) is 20.3 Å². The Hall–Kier alpha value is -4.20. The third-order valence-electron chi connectivity index (χ3n) is 6.80. The van der Waals surface area contributed by atoms with Crippen molar-refractivity contribution in [3.05, 3.63) is 92.6 Å². The molecule has 228 valence electrons. The van der Waals surface area contributed by atoms with Crippen LogP contribution in [0.1, 0.15) is 57.0 Å². The second-order valence-electron chi connectivity index (χ2n) is 9.94. The number of halogens is 1. The lowest BCUT2D eigenvalue weighted by atomic mass is 9.94. The molecule has 44 heavy (non-hydrogen) atoms. The van der Waals surface area contributed by atoms with E-state index in [0.29, 0.717) is 34.5 Å². The minimum absolute atomic E-state index is 0.00636. The number of amides is 2. The molecular formula is C30H30ClN7O4S2. The van der Waals surface area contributed by atoms with Crippen LogP contribution >= 0.6 is 34.7 Å². The summed E-state index contributed by atoms with van der Waals surface area (Å²) in [5.41, 5.74) is 8.90. The van der Waals surface area contributed by atoms with E-state index in [0.717, 1.165) is 53.6 Å². The molecule has 0 saturated carbocycles. The third-order valence-corrected chi connectivity index (χ3v) is 9.27. The van der Waals surface area contributed by atoms with Crippen LogP contribution in [0, 0.1) is 0 Å². The lowest BCUT2D eigenvalue weighted by Gasteiger charge is -2.15. The Labute approximate surface area is 267 Å². The molecule has 2 amide bonds. The van der Waals surface area contributed by atoms with Gasteiger partial charge in [-0.3, -0.25) is 19.8 Å². The largest absolute Gasteiger partial charge is 0.481 e. The van der Waals surface area contributed by atoms with Crippen LogP contribution in [0.2, 0.25) is 5.02 Å². The van der Waals surface area contributed by atoms with Crippen LogP contribution < -0.4 is 16.2 Å². The second-order valence-corrected chi connectivity index (χ2v) is 12.4. The SMILES string of the molecule is O=C(O)CCNc1sc2c(c1Cc1nnc(SCC(=O)N/N=C/c3ccccc3)n1NC(=O)c1ccc(Cl)cc1)CCCC2. The maximum atomic E-state index is 13.2. The molecular weight excluding hydrogens is 622 g/mol. The molecule has 4 aromatic rings. The number of carboxylic acids is 1. The Balaban J connectivity index is 1.37. The zero-order valence-corrected chi connectivity index (χ0v) is 26.0. The van der Waals surface area contributed by atoms with Crippen LogP contribution in [-0.2, 0) is 28.9 Å². The fraction of sp³-hybridized carbons (Fsp3) is 0.267. The van der Waals surface area contributed by atoms with Gasteiger partial charge in [0.1, 0.15) is 0 Å². The predicted molar refractivity (Wildman–Crippen MR) is 173 cm³/mol. The zero-order chi connectivity index (χ0) is 30.9. The van der Waals surface area contributed by atoms with Gasteiger partial charge in [-0.25, -0.2) is 10.1 Å². The van der Waals surface area contributed by atoms with Crippen molar-refractivity contribution in [2.75, 3.05) is 23.0 Å². The molecule has 0 saturated heterocycles. The Morgan fingerprint density at radius 2 is 1.84 bits per heavy atom. The Morgan fingerprint density at radius 1 is 1.07 bits per heavy atom. The molecule has 1 aliphatic carbocycles. The van der Waals surface area contributed by atoms with E-state index in [2.05, 4.69) is 31.5 Å². The summed E-state index contributed by atoms with van der Waals surface area (Å²) in [5.74, 6) is -1.16. The number of nitrogens with zero attached hydrogens (tertiary/aromatic N) is 4. The number of fused-ring (bicyclic) bond motifs is 1. The molecule has 11 nitrogen and oxygen atoms in total. The number of thiophene rings is 1. The molecule has 0 radical (unpaired) electrons. The number of nitrogens with one attached hydrogen (secondary N) is 3. The molecule has 4 N–H and O–H groups in total. The number of rotatable bonds is 13. The molecule has 0 fully saturated rings. The van der Waals surface area contributed by atoms with Gasteiger partial charge in [0.15, 0.2) is 5.82 Å². The highest BCUT2D eigenvalue weighted by atomic mass is 35.5. The number of aryl methyl sites for hydroxylation is 1. The quantitative estimate of drug-likeness (QED) is 0.0898. The Morgan fingerprint density at radius 3 is 2.61 bits per heavy atom. The van der Waals surface area contributed by atoms with Gasteiger partial charge in [0, 0.05) is 28.4 Å². The Bertz CT molecular complexity index is 1660. The molecule has 0 atom stereocenters. The highest BCUT2D eigenvalue weighted by molar-refractivity contribution is 7.99. The predicted octanol–water partition coefficient (Wildman–Crippen LogP) is 4.98. The first kappa shape index (κ1) is 31.2. The van der Waals surface area contributed by atoms with Gasteiger partial charge in [-0.15, -0.1) is 21.5 Å². The van der Waals surface area contributed by atoms with Gasteiger partial charge in [-0.1, -0.05) is 53.7 Å². The van der Waals surface area contributed by atoms with Crippen LogP contribution in [0.25, 0.3) is 0 Å². The van der Waals surface area contributed by atoms with E-state index in [1.54, 1.807) is 41.8 Å². The average Bonchev–Trinajstić information content (AvgIpc) is 3.57. The topological polar surface area (TPSA) is 151 Å². The third kappa shape index (κ3) is 8.24. The summed E-state index contributed by atoms with van der Waals surface area (Å²) in [6, 6.07) is 15.9. The summed E-state index contributed by atoms with van der Waals surface area (Å²) >= 11 is 8.77. The van der Waals surface area contributed by atoms with Crippen molar-refractivity contribution in [2.24, 2.45) is 5.10 Å². The fourth-order valence-corrected chi connectivity index (χ4v) is 6.83. The van der Waals surface area contributed by atoms with Gasteiger partial charge >= 0.3 is 5.97 Å². The number of thioether (sulfide) groups is 1. The summed E-state index contributed by atoms with van der Waals surface area (Å²) in [6.45, 7) is 0.296. The number of hydrogen-bond acceptors (Lipinski definition) is 9. The number of hydrogen-bond donors (Lipinski definition) is 4. The number of carbonyl (C=O) groups is 3. The number of carbonyl (C=O) groups excluding carboxylic acids is 2. The lowest BCUT2D eigenvalue weighted by Crippen LogP contribution is -2.26. The summed E-state index contributed by atoms with van der Waals surface area (Å²) in [5, 5.41) is 26.9. The molecule has 2 aromatic carbocycles. The summed E-state index contributed by atoms with van der Waals surface area (Å²) < 4.78 is 1.51. The maximum Gasteiger partial charge on any atom is 0.305 e.